The summed E-state index contributed by atoms with van der Waals surface area (Å²) in [4.78, 5) is 34.2. The van der Waals surface area contributed by atoms with Gasteiger partial charge in [0.05, 0.1) is 10.6 Å². The highest BCUT2D eigenvalue weighted by Crippen LogP contribution is 2.23. The maximum absolute atomic E-state index is 12.0. The molecule has 0 aliphatic carbocycles. The summed E-state index contributed by atoms with van der Waals surface area (Å²) in [6.07, 6.45) is 0. The minimum atomic E-state index is -0.785. The summed E-state index contributed by atoms with van der Waals surface area (Å²) in [7, 11) is 0. The Morgan fingerprint density at radius 1 is 0.955 bits per heavy atom. The Morgan fingerprint density at radius 2 is 1.59 bits per heavy atom. The number of rotatable bonds is 3. The molecule has 0 saturated heterocycles. The van der Waals surface area contributed by atoms with Gasteiger partial charge in [0.15, 0.2) is 0 Å². The van der Waals surface area contributed by atoms with E-state index in [9.17, 15) is 19.7 Å². The molecule has 0 atom stereocenters. The van der Waals surface area contributed by atoms with E-state index in [1.54, 1.807) is 30.3 Å². The van der Waals surface area contributed by atoms with Crippen molar-refractivity contribution in [2.45, 2.75) is 0 Å². The summed E-state index contributed by atoms with van der Waals surface area (Å²) in [6.45, 7) is 0. The van der Waals surface area contributed by atoms with Gasteiger partial charge in [-0.1, -0.05) is 30.3 Å². The number of nitrogens with zero attached hydrogens (tertiary/aromatic N) is 3. The molecule has 0 spiro atoms. The molecule has 22 heavy (non-hydrogen) atoms. The van der Waals surface area contributed by atoms with Crippen molar-refractivity contribution in [2.24, 2.45) is 5.10 Å². The predicted octanol–water partition coefficient (Wildman–Crippen LogP) is 1.91. The average Bonchev–Trinajstić information content (AvgIpc) is 2.84. The summed E-state index contributed by atoms with van der Waals surface area (Å²) in [6, 6.07) is 13.9. The van der Waals surface area contributed by atoms with Crippen LogP contribution in [0.3, 0.4) is 0 Å². The van der Waals surface area contributed by atoms with Crippen molar-refractivity contribution >= 4 is 28.8 Å². The van der Waals surface area contributed by atoms with E-state index in [0.717, 1.165) is 5.01 Å². The van der Waals surface area contributed by atoms with Crippen LogP contribution in [0.4, 0.5) is 11.4 Å². The van der Waals surface area contributed by atoms with Gasteiger partial charge in [-0.05, 0) is 12.1 Å². The first kappa shape index (κ1) is 13.6. The summed E-state index contributed by atoms with van der Waals surface area (Å²) in [5.74, 6) is -1.49. The molecule has 1 aliphatic rings. The van der Waals surface area contributed by atoms with Crippen LogP contribution >= 0.6 is 0 Å². The summed E-state index contributed by atoms with van der Waals surface area (Å²) in [5, 5.41) is 15.6. The van der Waals surface area contributed by atoms with E-state index in [4.69, 9.17) is 0 Å². The zero-order valence-electron chi connectivity index (χ0n) is 11.2. The van der Waals surface area contributed by atoms with Gasteiger partial charge in [-0.15, -0.1) is 0 Å². The van der Waals surface area contributed by atoms with Gasteiger partial charge >= 0.3 is 5.91 Å². The molecule has 0 unspecified atom stereocenters. The number of hydrazone groups is 1. The van der Waals surface area contributed by atoms with Crippen molar-refractivity contribution in [2.75, 3.05) is 5.01 Å². The smallest absolute Gasteiger partial charge is 0.281 e. The fourth-order valence-electron chi connectivity index (χ4n) is 2.06. The van der Waals surface area contributed by atoms with Crippen molar-refractivity contribution in [1.82, 2.24) is 0 Å². The fourth-order valence-corrected chi connectivity index (χ4v) is 2.06. The Morgan fingerprint density at radius 3 is 2.18 bits per heavy atom. The van der Waals surface area contributed by atoms with Crippen molar-refractivity contribution < 1.29 is 14.5 Å². The van der Waals surface area contributed by atoms with Crippen molar-refractivity contribution in [3.05, 3.63) is 70.3 Å². The molecule has 1 aliphatic heterocycles. The van der Waals surface area contributed by atoms with E-state index in [0.29, 0.717) is 11.3 Å². The van der Waals surface area contributed by atoms with Crippen molar-refractivity contribution in [3.8, 4) is 0 Å². The quantitative estimate of drug-likeness (QED) is 0.491. The lowest BCUT2D eigenvalue weighted by molar-refractivity contribution is -0.384. The van der Waals surface area contributed by atoms with Crippen LogP contribution in [0, 0.1) is 10.1 Å². The van der Waals surface area contributed by atoms with Crippen LogP contribution in [-0.2, 0) is 9.59 Å². The number of nitro benzene ring substituents is 1. The van der Waals surface area contributed by atoms with E-state index in [2.05, 4.69) is 5.10 Å². The lowest BCUT2D eigenvalue weighted by Crippen LogP contribution is -2.27. The van der Waals surface area contributed by atoms with Crippen LogP contribution in [0.1, 0.15) is 5.56 Å². The van der Waals surface area contributed by atoms with Crippen LogP contribution in [0.15, 0.2) is 59.7 Å². The molecule has 0 fully saturated rings. The zero-order valence-corrected chi connectivity index (χ0v) is 11.2. The molecular weight excluding hydrogens is 286 g/mol. The lowest BCUT2D eigenvalue weighted by Gasteiger charge is -2.09. The second kappa shape index (κ2) is 5.21. The molecule has 0 N–H and O–H groups in total. The number of carbonyl (C=O) groups excluding carboxylic acids is 2. The molecule has 3 rings (SSSR count). The van der Waals surface area contributed by atoms with Crippen LogP contribution in [0.5, 0.6) is 0 Å². The first-order valence-corrected chi connectivity index (χ1v) is 6.35. The molecule has 7 nitrogen and oxygen atoms in total. The average molecular weight is 295 g/mol. The van der Waals surface area contributed by atoms with E-state index in [1.165, 1.54) is 24.3 Å². The van der Waals surface area contributed by atoms with Gasteiger partial charge in [0.2, 0.25) is 0 Å². The van der Waals surface area contributed by atoms with Crippen LogP contribution in [0.2, 0.25) is 0 Å². The minimum absolute atomic E-state index is 0.0592. The van der Waals surface area contributed by atoms with Crippen molar-refractivity contribution in [1.29, 1.82) is 0 Å². The SMILES string of the molecule is O=C1C(=O)N(c2ccc([N+](=O)[O-])cc2)N=C1c1ccccc1. The second-order valence-corrected chi connectivity index (χ2v) is 4.53. The minimum Gasteiger partial charge on any atom is -0.281 e. The maximum atomic E-state index is 12.0. The van der Waals surface area contributed by atoms with Crippen LogP contribution in [0.25, 0.3) is 0 Å². The highest BCUT2D eigenvalue weighted by atomic mass is 16.6. The number of hydrogen-bond donors (Lipinski definition) is 0. The molecule has 1 heterocycles. The molecule has 2 aromatic carbocycles. The largest absolute Gasteiger partial charge is 0.321 e. The Labute approximate surface area is 124 Å². The first-order chi connectivity index (χ1) is 10.6. The van der Waals surface area contributed by atoms with Gasteiger partial charge < -0.3 is 0 Å². The summed E-state index contributed by atoms with van der Waals surface area (Å²) in [5.41, 5.74) is 0.804. The van der Waals surface area contributed by atoms with Gasteiger partial charge in [-0.25, -0.2) is 0 Å². The van der Waals surface area contributed by atoms with Gasteiger partial charge in [-0.3, -0.25) is 19.7 Å². The molecular formula is C15H9N3O4. The standard InChI is InChI=1S/C15H9N3O4/c19-14-13(10-4-2-1-3-5-10)16-17(15(14)20)11-6-8-12(9-7-11)18(21)22/h1-9H. The Kier molecular flexibility index (Phi) is 3.23. The van der Waals surface area contributed by atoms with E-state index >= 15 is 0 Å². The third-order valence-electron chi connectivity index (χ3n) is 3.15. The number of benzene rings is 2. The highest BCUT2D eigenvalue weighted by molar-refractivity contribution is 6.72. The van der Waals surface area contributed by atoms with Gasteiger partial charge in [0.1, 0.15) is 5.71 Å². The van der Waals surface area contributed by atoms with Crippen LogP contribution < -0.4 is 5.01 Å². The Hall–Kier alpha value is -3.35. The topological polar surface area (TPSA) is 92.9 Å². The molecule has 0 aromatic heterocycles. The van der Waals surface area contributed by atoms with E-state index in [1.807, 2.05) is 0 Å². The molecule has 7 heteroatoms. The number of hydrogen-bond acceptors (Lipinski definition) is 5. The molecule has 0 radical (unpaired) electrons. The monoisotopic (exact) mass is 295 g/mol. The zero-order chi connectivity index (χ0) is 15.7. The highest BCUT2D eigenvalue weighted by Gasteiger charge is 2.35. The Balaban J connectivity index is 1.97. The second-order valence-electron chi connectivity index (χ2n) is 4.53. The summed E-state index contributed by atoms with van der Waals surface area (Å²) >= 11 is 0. The predicted molar refractivity (Wildman–Crippen MR) is 78.6 cm³/mol. The Bertz CT molecular complexity index is 797. The first-order valence-electron chi connectivity index (χ1n) is 6.35. The lowest BCUT2D eigenvalue weighted by atomic mass is 10.1. The fraction of sp³-hybridized carbons (Fsp3) is 0. The molecule has 0 saturated carbocycles. The van der Waals surface area contributed by atoms with Gasteiger partial charge in [0.25, 0.3) is 11.5 Å². The van der Waals surface area contributed by atoms with Gasteiger partial charge in [0, 0.05) is 17.7 Å². The number of ketones is 1. The molecule has 108 valence electrons. The normalized spacial score (nSPS) is 14.2. The number of amides is 1. The molecule has 2 aromatic rings. The van der Waals surface area contributed by atoms with E-state index < -0.39 is 16.6 Å². The number of Topliss-reactive ketones (excluding diaryl/α,β-unsaturated/α-hetero) is 1. The maximum Gasteiger partial charge on any atom is 0.321 e. The molecule has 1 amide bonds. The number of carbonyl (C=O) groups is 2. The third kappa shape index (κ3) is 2.24. The summed E-state index contributed by atoms with van der Waals surface area (Å²) < 4.78 is 0. The van der Waals surface area contributed by atoms with Gasteiger partial charge in [-0.2, -0.15) is 10.1 Å². The number of non-ortho nitro benzene ring substituents is 1. The number of anilines is 1. The van der Waals surface area contributed by atoms with Crippen LogP contribution in [-0.4, -0.2) is 22.3 Å². The van der Waals surface area contributed by atoms with E-state index in [-0.39, 0.29) is 11.4 Å². The number of nitro groups is 1. The third-order valence-corrected chi connectivity index (χ3v) is 3.15. The van der Waals surface area contributed by atoms with Crippen molar-refractivity contribution in [3.63, 3.8) is 0 Å². The molecule has 0 bridgehead atoms.